The number of ether oxygens (including phenoxy) is 1. The van der Waals surface area contributed by atoms with Crippen LogP contribution in [0, 0.1) is 6.92 Å². The van der Waals surface area contributed by atoms with Crippen LogP contribution in [0.25, 0.3) is 0 Å². The quantitative estimate of drug-likeness (QED) is 0.625. The Labute approximate surface area is 96.1 Å². The lowest BCUT2D eigenvalue weighted by molar-refractivity contribution is -0.137. The molecule has 0 aliphatic heterocycles. The van der Waals surface area contributed by atoms with Gasteiger partial charge in [0, 0.05) is 17.5 Å². The smallest absolute Gasteiger partial charge is 0.332 e. The first-order chi connectivity index (χ1) is 7.61. The Morgan fingerprint density at radius 2 is 2.00 bits per heavy atom. The van der Waals surface area contributed by atoms with E-state index in [2.05, 4.69) is 5.32 Å². The molecule has 1 rings (SSSR count). The van der Waals surface area contributed by atoms with Crippen LogP contribution in [0.5, 0.6) is 0 Å². The summed E-state index contributed by atoms with van der Waals surface area (Å²) in [5.41, 5.74) is 2.93. The Morgan fingerprint density at radius 3 is 2.56 bits per heavy atom. The minimum atomic E-state index is -0.320. The van der Waals surface area contributed by atoms with Gasteiger partial charge in [-0.1, -0.05) is 17.7 Å². The summed E-state index contributed by atoms with van der Waals surface area (Å²) >= 11 is 0. The number of nitrogens with one attached hydrogen (secondary N) is 1. The predicted octanol–water partition coefficient (Wildman–Crippen LogP) is 2.87. The molecule has 1 aromatic rings. The summed E-state index contributed by atoms with van der Waals surface area (Å²) in [4.78, 5) is 11.2. The zero-order valence-electron chi connectivity index (χ0n) is 9.91. The fraction of sp³-hybridized carbons (Fsp3) is 0.308. The third kappa shape index (κ3) is 4.17. The average Bonchev–Trinajstić information content (AvgIpc) is 2.21. The van der Waals surface area contributed by atoms with Crippen molar-refractivity contribution in [3.8, 4) is 0 Å². The zero-order valence-corrected chi connectivity index (χ0v) is 9.91. The number of esters is 1. The average molecular weight is 219 g/mol. The van der Waals surface area contributed by atoms with Crippen molar-refractivity contribution in [3.05, 3.63) is 41.6 Å². The van der Waals surface area contributed by atoms with E-state index < -0.39 is 0 Å². The maximum absolute atomic E-state index is 11.2. The Hall–Kier alpha value is -1.77. The van der Waals surface area contributed by atoms with Gasteiger partial charge < -0.3 is 10.1 Å². The van der Waals surface area contributed by atoms with Crippen molar-refractivity contribution in [2.45, 2.75) is 20.8 Å². The van der Waals surface area contributed by atoms with Crippen LogP contribution in [-0.2, 0) is 9.53 Å². The van der Waals surface area contributed by atoms with E-state index in [1.54, 1.807) is 6.92 Å². The molecule has 86 valence electrons. The Balaban J connectivity index is 2.60. The van der Waals surface area contributed by atoms with Crippen LogP contribution >= 0.6 is 0 Å². The van der Waals surface area contributed by atoms with Crippen molar-refractivity contribution < 1.29 is 9.53 Å². The van der Waals surface area contributed by atoms with Gasteiger partial charge in [-0.05, 0) is 32.9 Å². The van der Waals surface area contributed by atoms with Gasteiger partial charge in [0.2, 0.25) is 0 Å². The van der Waals surface area contributed by atoms with Crippen molar-refractivity contribution in [1.82, 2.24) is 0 Å². The van der Waals surface area contributed by atoms with E-state index in [9.17, 15) is 4.79 Å². The monoisotopic (exact) mass is 219 g/mol. The standard InChI is InChI=1S/C13H17NO2/c1-4-16-13(15)9-11(3)14-12-7-5-10(2)6-8-12/h5-9,14H,4H2,1-3H3/b11-9-. The summed E-state index contributed by atoms with van der Waals surface area (Å²) in [5, 5.41) is 3.12. The number of carbonyl (C=O) groups is 1. The van der Waals surface area contributed by atoms with Crippen LogP contribution in [0.4, 0.5) is 5.69 Å². The van der Waals surface area contributed by atoms with Gasteiger partial charge in [-0.15, -0.1) is 0 Å². The summed E-state index contributed by atoms with van der Waals surface area (Å²) < 4.78 is 4.81. The third-order valence-corrected chi connectivity index (χ3v) is 2.01. The van der Waals surface area contributed by atoms with Crippen molar-refractivity contribution in [2.24, 2.45) is 0 Å². The highest BCUT2D eigenvalue weighted by molar-refractivity contribution is 5.83. The zero-order chi connectivity index (χ0) is 12.0. The topological polar surface area (TPSA) is 38.3 Å². The Morgan fingerprint density at radius 1 is 1.38 bits per heavy atom. The van der Waals surface area contributed by atoms with Gasteiger partial charge in [0.25, 0.3) is 0 Å². The molecule has 0 saturated heterocycles. The molecule has 1 N–H and O–H groups in total. The van der Waals surface area contributed by atoms with Gasteiger partial charge in [-0.3, -0.25) is 0 Å². The first-order valence-corrected chi connectivity index (χ1v) is 5.30. The largest absolute Gasteiger partial charge is 0.463 e. The molecule has 0 radical (unpaired) electrons. The lowest BCUT2D eigenvalue weighted by atomic mass is 10.2. The molecule has 0 aromatic heterocycles. The van der Waals surface area contributed by atoms with Crippen molar-refractivity contribution in [1.29, 1.82) is 0 Å². The molecule has 0 aliphatic carbocycles. The minimum Gasteiger partial charge on any atom is -0.463 e. The molecule has 0 spiro atoms. The second-order valence-electron chi connectivity index (χ2n) is 3.57. The van der Waals surface area contributed by atoms with Crippen LogP contribution in [-0.4, -0.2) is 12.6 Å². The number of hydrogen-bond acceptors (Lipinski definition) is 3. The van der Waals surface area contributed by atoms with Crippen molar-refractivity contribution in [3.63, 3.8) is 0 Å². The number of anilines is 1. The molecular formula is C13H17NO2. The molecule has 1 aromatic carbocycles. The molecule has 3 heteroatoms. The van der Waals surface area contributed by atoms with E-state index in [1.807, 2.05) is 38.1 Å². The first kappa shape index (κ1) is 12.3. The van der Waals surface area contributed by atoms with E-state index in [0.717, 1.165) is 11.4 Å². The van der Waals surface area contributed by atoms with Crippen LogP contribution in [0.3, 0.4) is 0 Å². The van der Waals surface area contributed by atoms with E-state index in [0.29, 0.717) is 6.61 Å². The van der Waals surface area contributed by atoms with Gasteiger partial charge in [0.05, 0.1) is 6.61 Å². The number of hydrogen-bond donors (Lipinski definition) is 1. The minimum absolute atomic E-state index is 0.320. The summed E-state index contributed by atoms with van der Waals surface area (Å²) in [5.74, 6) is -0.320. The summed E-state index contributed by atoms with van der Waals surface area (Å²) in [6.07, 6.45) is 1.45. The molecule has 0 atom stereocenters. The van der Waals surface area contributed by atoms with Crippen LogP contribution in [0.2, 0.25) is 0 Å². The van der Waals surface area contributed by atoms with Crippen molar-refractivity contribution in [2.75, 3.05) is 11.9 Å². The van der Waals surface area contributed by atoms with E-state index in [1.165, 1.54) is 11.6 Å². The van der Waals surface area contributed by atoms with Gasteiger partial charge in [0.15, 0.2) is 0 Å². The summed E-state index contributed by atoms with van der Waals surface area (Å²) in [6.45, 7) is 6.05. The molecule has 3 nitrogen and oxygen atoms in total. The van der Waals surface area contributed by atoms with Gasteiger partial charge in [-0.2, -0.15) is 0 Å². The van der Waals surface area contributed by atoms with Gasteiger partial charge in [0.1, 0.15) is 0 Å². The lowest BCUT2D eigenvalue weighted by Gasteiger charge is -2.06. The highest BCUT2D eigenvalue weighted by Gasteiger charge is 1.98. The van der Waals surface area contributed by atoms with E-state index in [4.69, 9.17) is 4.74 Å². The number of rotatable bonds is 4. The molecule has 0 aliphatic rings. The molecular weight excluding hydrogens is 202 g/mol. The van der Waals surface area contributed by atoms with Crippen LogP contribution in [0.15, 0.2) is 36.0 Å². The molecule has 0 fully saturated rings. The van der Waals surface area contributed by atoms with E-state index >= 15 is 0 Å². The third-order valence-electron chi connectivity index (χ3n) is 2.01. The van der Waals surface area contributed by atoms with E-state index in [-0.39, 0.29) is 5.97 Å². The molecule has 0 saturated carbocycles. The lowest BCUT2D eigenvalue weighted by Crippen LogP contribution is -2.04. The van der Waals surface area contributed by atoms with Crippen LogP contribution in [0.1, 0.15) is 19.4 Å². The highest BCUT2D eigenvalue weighted by atomic mass is 16.5. The Kier molecular flexibility index (Phi) is 4.58. The first-order valence-electron chi connectivity index (χ1n) is 5.30. The maximum Gasteiger partial charge on any atom is 0.332 e. The fourth-order valence-corrected chi connectivity index (χ4v) is 1.26. The number of carbonyl (C=O) groups excluding carboxylic acids is 1. The van der Waals surface area contributed by atoms with Gasteiger partial charge in [-0.25, -0.2) is 4.79 Å². The Bertz CT molecular complexity index is 379. The SMILES string of the molecule is CCOC(=O)/C=C(/C)Nc1ccc(C)cc1. The second kappa shape index (κ2) is 5.95. The summed E-state index contributed by atoms with van der Waals surface area (Å²) in [6, 6.07) is 7.97. The van der Waals surface area contributed by atoms with Crippen molar-refractivity contribution >= 4 is 11.7 Å². The maximum atomic E-state index is 11.2. The normalized spacial score (nSPS) is 11.1. The highest BCUT2D eigenvalue weighted by Crippen LogP contribution is 2.11. The fourth-order valence-electron chi connectivity index (χ4n) is 1.26. The molecule has 0 amide bonds. The number of benzene rings is 1. The predicted molar refractivity (Wildman–Crippen MR) is 65.2 cm³/mol. The molecule has 0 bridgehead atoms. The number of allylic oxidation sites excluding steroid dienone is 1. The molecule has 0 heterocycles. The second-order valence-corrected chi connectivity index (χ2v) is 3.57. The molecule has 0 unspecified atom stereocenters. The summed E-state index contributed by atoms with van der Waals surface area (Å²) in [7, 11) is 0. The van der Waals surface area contributed by atoms with Crippen LogP contribution < -0.4 is 5.32 Å². The van der Waals surface area contributed by atoms with Gasteiger partial charge >= 0.3 is 5.97 Å². The molecule has 16 heavy (non-hydrogen) atoms. The number of aryl methyl sites for hydroxylation is 1.